The number of aromatic nitrogens is 1. The molecule has 0 saturated carbocycles. The zero-order valence-electron chi connectivity index (χ0n) is 26.3. The number of hydrogen-bond donors (Lipinski definition) is 3. The zero-order valence-corrected chi connectivity index (χ0v) is 27.1. The smallest absolute Gasteiger partial charge is 0.422 e. The maximum absolute atomic E-state index is 14.9. The fourth-order valence-corrected chi connectivity index (χ4v) is 6.25. The molecule has 1 aliphatic rings. The van der Waals surface area contributed by atoms with Crippen LogP contribution in [0.3, 0.4) is 0 Å². The van der Waals surface area contributed by atoms with Gasteiger partial charge in [-0.3, -0.25) is 4.79 Å². The van der Waals surface area contributed by atoms with E-state index in [1.165, 1.54) is 55.6 Å². The molecule has 3 atom stereocenters. The molecule has 250 valence electrons. The molecule has 3 aromatic rings. The molecular formula is C33H38F4N2O6S. The summed E-state index contributed by atoms with van der Waals surface area (Å²) in [5.41, 5.74) is -3.83. The van der Waals surface area contributed by atoms with Crippen LogP contribution in [0.2, 0.25) is 0 Å². The van der Waals surface area contributed by atoms with Gasteiger partial charge >= 0.3 is 6.18 Å². The highest BCUT2D eigenvalue weighted by Gasteiger charge is 2.57. The third kappa shape index (κ3) is 7.27. The van der Waals surface area contributed by atoms with Crippen molar-refractivity contribution in [1.82, 2.24) is 9.71 Å². The van der Waals surface area contributed by atoms with E-state index in [2.05, 4.69) is 9.71 Å². The van der Waals surface area contributed by atoms with E-state index in [-0.39, 0.29) is 36.0 Å². The highest BCUT2D eigenvalue weighted by Crippen LogP contribution is 2.47. The number of pyridine rings is 1. The number of aliphatic hydroxyl groups excluding tert-OH is 1. The predicted molar refractivity (Wildman–Crippen MR) is 165 cm³/mol. The Bertz CT molecular complexity index is 1610. The maximum Gasteiger partial charge on any atom is 0.422 e. The molecule has 0 aliphatic heterocycles. The molecule has 0 fully saturated rings. The summed E-state index contributed by atoms with van der Waals surface area (Å²) in [7, 11) is -0.262. The Hall–Kier alpha value is -3.39. The molecule has 2 aromatic carbocycles. The minimum absolute atomic E-state index is 0.0311. The second-order valence-corrected chi connectivity index (χ2v) is 14.4. The van der Waals surface area contributed by atoms with Crippen LogP contribution in [0.15, 0.2) is 48.5 Å². The van der Waals surface area contributed by atoms with Crippen LogP contribution < -0.4 is 14.2 Å². The lowest BCUT2D eigenvalue weighted by atomic mass is 9.86. The van der Waals surface area contributed by atoms with E-state index < -0.39 is 63.2 Å². The van der Waals surface area contributed by atoms with Crippen molar-refractivity contribution >= 4 is 16.8 Å². The fraction of sp³-hybridized carbons (Fsp3) is 0.455. The van der Waals surface area contributed by atoms with E-state index in [1.54, 1.807) is 27.7 Å². The summed E-state index contributed by atoms with van der Waals surface area (Å²) >= 11 is 0. The maximum atomic E-state index is 14.9. The van der Waals surface area contributed by atoms with E-state index in [9.17, 15) is 31.7 Å². The Morgan fingerprint density at radius 2 is 1.76 bits per heavy atom. The largest absolute Gasteiger partial charge is 0.493 e. The Balaban J connectivity index is 1.78. The molecule has 4 rings (SSSR count). The molecule has 3 unspecified atom stereocenters. The van der Waals surface area contributed by atoms with Crippen molar-refractivity contribution in [2.45, 2.75) is 75.4 Å². The van der Waals surface area contributed by atoms with Crippen LogP contribution in [-0.2, 0) is 28.5 Å². The van der Waals surface area contributed by atoms with Gasteiger partial charge in [0, 0.05) is 17.5 Å². The number of alkyl halides is 3. The van der Waals surface area contributed by atoms with Crippen molar-refractivity contribution in [3.8, 4) is 22.8 Å². The average Bonchev–Trinajstić information content (AvgIpc) is 3.33. The number of ketones is 1. The van der Waals surface area contributed by atoms with E-state index in [4.69, 9.17) is 14.6 Å². The number of benzene rings is 2. The molecule has 0 spiro atoms. The number of nitrogens with one attached hydrogen (secondary N) is 1. The van der Waals surface area contributed by atoms with Crippen LogP contribution in [0.4, 0.5) is 17.6 Å². The van der Waals surface area contributed by atoms with Gasteiger partial charge in [-0.1, -0.05) is 0 Å². The van der Waals surface area contributed by atoms with Gasteiger partial charge in [0.05, 0.1) is 46.4 Å². The van der Waals surface area contributed by atoms with Crippen LogP contribution in [0, 0.1) is 5.82 Å². The third-order valence-electron chi connectivity index (χ3n) is 8.03. The summed E-state index contributed by atoms with van der Waals surface area (Å²) in [5, 5.41) is 20.4. The lowest BCUT2D eigenvalue weighted by Crippen LogP contribution is -2.46. The summed E-state index contributed by atoms with van der Waals surface area (Å²) in [4.78, 5) is 17.5. The molecule has 1 aromatic heterocycles. The van der Waals surface area contributed by atoms with Crippen LogP contribution in [-0.4, -0.2) is 56.4 Å². The van der Waals surface area contributed by atoms with Crippen LogP contribution in [0.1, 0.15) is 74.1 Å². The van der Waals surface area contributed by atoms with Gasteiger partial charge in [0.25, 0.3) is 0 Å². The topological polar surface area (TPSA) is 118 Å². The molecule has 0 radical (unpaired) electrons. The number of rotatable bonds is 12. The number of carbonyl (C=O) groups excluding carboxylic acids is 1. The van der Waals surface area contributed by atoms with Gasteiger partial charge < -0.3 is 19.7 Å². The molecular weight excluding hydrogens is 628 g/mol. The summed E-state index contributed by atoms with van der Waals surface area (Å²) < 4.78 is 84.5. The minimum atomic E-state index is -5.25. The Kier molecular flexibility index (Phi) is 10.3. The average molecular weight is 667 g/mol. The second kappa shape index (κ2) is 13.4. The first-order chi connectivity index (χ1) is 21.4. The number of methoxy groups -OCH3 is 1. The zero-order chi connectivity index (χ0) is 34.1. The fourth-order valence-electron chi connectivity index (χ4n) is 5.32. The van der Waals surface area contributed by atoms with Gasteiger partial charge in [-0.2, -0.15) is 13.2 Å². The SMILES string of the molecule is COc1cc(C(=O)CCC(O)(c2cc3c(c(-c4ccc(F)cc4)n2)CCC3(C)NS(=O)C(C)(C)C)C(F)(F)F)ccc1OCCO. The molecule has 1 aliphatic carbocycles. The van der Waals surface area contributed by atoms with Gasteiger partial charge in [-0.25, -0.2) is 18.3 Å². The van der Waals surface area contributed by atoms with Crippen molar-refractivity contribution in [2.24, 2.45) is 0 Å². The number of ether oxygens (including phenoxy) is 2. The number of hydrogen-bond acceptors (Lipinski definition) is 7. The normalized spacial score (nSPS) is 18.5. The number of fused-ring (bicyclic) bond motifs is 1. The molecule has 0 bridgehead atoms. The van der Waals surface area contributed by atoms with Crippen molar-refractivity contribution in [1.29, 1.82) is 0 Å². The van der Waals surface area contributed by atoms with Crippen molar-refractivity contribution < 1.29 is 46.3 Å². The van der Waals surface area contributed by atoms with Crippen molar-refractivity contribution in [2.75, 3.05) is 20.3 Å². The standard InChI is InChI=1S/C33H38F4N2O6S/c1-30(2,3)46(43)39-31(4)14-12-23-24(31)19-28(38-29(23)20-6-9-22(34)10-7-20)32(42,33(35,36)37)15-13-25(41)21-8-11-26(45-17-16-40)27(18-21)44-5/h6-11,18-19,39-40,42H,12-17H2,1-5H3. The molecule has 13 heteroatoms. The monoisotopic (exact) mass is 666 g/mol. The second-order valence-electron chi connectivity index (χ2n) is 12.4. The highest BCUT2D eigenvalue weighted by molar-refractivity contribution is 7.84. The molecule has 46 heavy (non-hydrogen) atoms. The summed E-state index contributed by atoms with van der Waals surface area (Å²) in [5.74, 6) is -0.853. The Morgan fingerprint density at radius 1 is 1.09 bits per heavy atom. The number of Topliss-reactive ketones (excluding diaryl/α,β-unsaturated/α-hetero) is 1. The van der Waals surface area contributed by atoms with E-state index >= 15 is 0 Å². The number of carbonyl (C=O) groups is 1. The molecule has 3 N–H and O–H groups in total. The quantitative estimate of drug-likeness (QED) is 0.163. The van der Waals surface area contributed by atoms with Crippen molar-refractivity contribution in [3.05, 3.63) is 76.7 Å². The molecule has 0 saturated heterocycles. The Labute approximate surface area is 267 Å². The highest BCUT2D eigenvalue weighted by atomic mass is 32.2. The van der Waals surface area contributed by atoms with Gasteiger partial charge in [0.2, 0.25) is 5.60 Å². The lowest BCUT2D eigenvalue weighted by Gasteiger charge is -2.34. The van der Waals surface area contributed by atoms with Crippen molar-refractivity contribution in [3.63, 3.8) is 0 Å². The number of halogens is 4. The summed E-state index contributed by atoms with van der Waals surface area (Å²) in [6, 6.07) is 10.4. The predicted octanol–water partition coefficient (Wildman–Crippen LogP) is 5.89. The Morgan fingerprint density at radius 3 is 2.35 bits per heavy atom. The van der Waals surface area contributed by atoms with E-state index in [0.29, 0.717) is 29.5 Å². The first kappa shape index (κ1) is 35.5. The van der Waals surface area contributed by atoms with Crippen LogP contribution in [0.5, 0.6) is 11.5 Å². The first-order valence-electron chi connectivity index (χ1n) is 14.7. The number of nitrogens with zero attached hydrogens (tertiary/aromatic N) is 1. The molecule has 0 amide bonds. The third-order valence-corrected chi connectivity index (χ3v) is 9.77. The van der Waals surface area contributed by atoms with E-state index in [0.717, 1.165) is 0 Å². The van der Waals surface area contributed by atoms with Gasteiger partial charge in [-0.05, 0) is 107 Å². The lowest BCUT2D eigenvalue weighted by molar-refractivity contribution is -0.270. The van der Waals surface area contributed by atoms with Gasteiger partial charge in [0.15, 0.2) is 17.3 Å². The summed E-state index contributed by atoms with van der Waals surface area (Å²) in [6.07, 6.45) is -6.24. The first-order valence-corrected chi connectivity index (χ1v) is 15.8. The van der Waals surface area contributed by atoms with Crippen LogP contribution >= 0.6 is 0 Å². The van der Waals surface area contributed by atoms with Gasteiger partial charge in [0.1, 0.15) is 12.4 Å². The summed E-state index contributed by atoms with van der Waals surface area (Å²) in [6.45, 7) is 6.74. The molecule has 1 heterocycles. The van der Waals surface area contributed by atoms with Gasteiger partial charge in [-0.15, -0.1) is 0 Å². The van der Waals surface area contributed by atoms with Crippen LogP contribution in [0.25, 0.3) is 11.3 Å². The molecule has 8 nitrogen and oxygen atoms in total. The minimum Gasteiger partial charge on any atom is -0.493 e. The van der Waals surface area contributed by atoms with E-state index in [1.807, 2.05) is 0 Å². The number of aliphatic hydroxyl groups is 2.